The number of amides is 2. The smallest absolute Gasteiger partial charge is 0.253 e. The zero-order valence-electron chi connectivity index (χ0n) is 13.7. The van der Waals surface area contributed by atoms with Crippen molar-refractivity contribution in [3.05, 3.63) is 71.3 Å². The SMILES string of the molecule is CNC(=O)c1cccc(C(=O)N(CCO)CCc2ccccc2)c1. The minimum atomic E-state index is -0.234. The minimum absolute atomic E-state index is 0.102. The Bertz CT molecular complexity index is 686. The second kappa shape index (κ2) is 8.84. The van der Waals surface area contributed by atoms with Gasteiger partial charge in [-0.15, -0.1) is 0 Å². The average Bonchev–Trinajstić information content (AvgIpc) is 2.64. The van der Waals surface area contributed by atoms with Gasteiger partial charge in [0, 0.05) is 31.3 Å². The van der Waals surface area contributed by atoms with Crippen molar-refractivity contribution in [2.75, 3.05) is 26.7 Å². The zero-order valence-corrected chi connectivity index (χ0v) is 13.7. The molecule has 2 rings (SSSR count). The summed E-state index contributed by atoms with van der Waals surface area (Å²) >= 11 is 0. The number of hydrogen-bond donors (Lipinski definition) is 2. The van der Waals surface area contributed by atoms with Crippen molar-refractivity contribution in [1.82, 2.24) is 10.2 Å². The number of aliphatic hydroxyl groups is 1. The van der Waals surface area contributed by atoms with Crippen LogP contribution >= 0.6 is 0 Å². The third-order valence-corrected chi connectivity index (χ3v) is 3.77. The van der Waals surface area contributed by atoms with Crippen LogP contribution in [0, 0.1) is 0 Å². The van der Waals surface area contributed by atoms with Gasteiger partial charge >= 0.3 is 0 Å². The van der Waals surface area contributed by atoms with Gasteiger partial charge in [-0.2, -0.15) is 0 Å². The van der Waals surface area contributed by atoms with Gasteiger partial charge in [0.25, 0.3) is 11.8 Å². The first-order valence-electron chi connectivity index (χ1n) is 7.92. The quantitative estimate of drug-likeness (QED) is 0.814. The predicted molar refractivity (Wildman–Crippen MR) is 93.0 cm³/mol. The largest absolute Gasteiger partial charge is 0.395 e. The van der Waals surface area contributed by atoms with Crippen LogP contribution in [-0.4, -0.2) is 48.6 Å². The molecule has 0 aromatic heterocycles. The summed E-state index contributed by atoms with van der Waals surface area (Å²) in [5.41, 5.74) is 2.01. The van der Waals surface area contributed by atoms with Crippen LogP contribution in [0.4, 0.5) is 0 Å². The van der Waals surface area contributed by atoms with Crippen LogP contribution in [0.15, 0.2) is 54.6 Å². The van der Waals surface area contributed by atoms with Gasteiger partial charge in [-0.1, -0.05) is 36.4 Å². The molecule has 0 aliphatic rings. The summed E-state index contributed by atoms with van der Waals surface area (Å²) in [6.45, 7) is 0.666. The number of nitrogens with zero attached hydrogens (tertiary/aromatic N) is 1. The van der Waals surface area contributed by atoms with Crippen LogP contribution in [0.25, 0.3) is 0 Å². The van der Waals surface area contributed by atoms with Crippen LogP contribution in [0.5, 0.6) is 0 Å². The molecule has 0 aliphatic heterocycles. The Morgan fingerprint density at radius 3 is 2.38 bits per heavy atom. The Hall–Kier alpha value is -2.66. The van der Waals surface area contributed by atoms with Gasteiger partial charge in [-0.25, -0.2) is 0 Å². The first kappa shape index (κ1) is 17.7. The molecule has 24 heavy (non-hydrogen) atoms. The monoisotopic (exact) mass is 326 g/mol. The number of aliphatic hydroxyl groups excluding tert-OH is 1. The lowest BCUT2D eigenvalue weighted by Gasteiger charge is -2.22. The van der Waals surface area contributed by atoms with Gasteiger partial charge in [0.1, 0.15) is 0 Å². The normalized spacial score (nSPS) is 10.2. The lowest BCUT2D eigenvalue weighted by atomic mass is 10.1. The van der Waals surface area contributed by atoms with E-state index in [2.05, 4.69) is 5.32 Å². The molecule has 0 atom stereocenters. The Labute approximate surface area is 141 Å². The zero-order chi connectivity index (χ0) is 17.4. The van der Waals surface area contributed by atoms with E-state index in [-0.39, 0.29) is 25.0 Å². The third-order valence-electron chi connectivity index (χ3n) is 3.77. The second-order valence-electron chi connectivity index (χ2n) is 5.41. The molecule has 5 heteroatoms. The van der Waals surface area contributed by atoms with E-state index in [9.17, 15) is 14.7 Å². The number of hydrogen-bond acceptors (Lipinski definition) is 3. The number of carbonyl (C=O) groups excluding carboxylic acids is 2. The molecule has 0 radical (unpaired) electrons. The highest BCUT2D eigenvalue weighted by atomic mass is 16.3. The van der Waals surface area contributed by atoms with Crippen molar-refractivity contribution in [1.29, 1.82) is 0 Å². The Morgan fingerprint density at radius 2 is 1.71 bits per heavy atom. The van der Waals surface area contributed by atoms with E-state index < -0.39 is 0 Å². The van der Waals surface area contributed by atoms with E-state index >= 15 is 0 Å². The molecule has 126 valence electrons. The molecule has 0 heterocycles. The van der Waals surface area contributed by atoms with Crippen LogP contribution in [0.2, 0.25) is 0 Å². The van der Waals surface area contributed by atoms with Gasteiger partial charge < -0.3 is 15.3 Å². The minimum Gasteiger partial charge on any atom is -0.395 e. The van der Waals surface area contributed by atoms with Crippen LogP contribution < -0.4 is 5.32 Å². The molecule has 0 aliphatic carbocycles. The van der Waals surface area contributed by atoms with E-state index in [4.69, 9.17) is 0 Å². The van der Waals surface area contributed by atoms with E-state index in [1.165, 1.54) is 0 Å². The van der Waals surface area contributed by atoms with Crippen molar-refractivity contribution in [3.63, 3.8) is 0 Å². The van der Waals surface area contributed by atoms with E-state index in [0.29, 0.717) is 24.1 Å². The summed E-state index contributed by atoms with van der Waals surface area (Å²) < 4.78 is 0. The summed E-state index contributed by atoms with van der Waals surface area (Å²) in [6, 6.07) is 16.5. The molecule has 2 aromatic carbocycles. The topological polar surface area (TPSA) is 69.6 Å². The van der Waals surface area contributed by atoms with E-state index in [0.717, 1.165) is 5.56 Å². The summed E-state index contributed by atoms with van der Waals surface area (Å²) in [4.78, 5) is 26.0. The van der Waals surface area contributed by atoms with Gasteiger partial charge in [-0.3, -0.25) is 9.59 Å². The molecule has 0 saturated heterocycles. The molecule has 0 unspecified atom stereocenters. The van der Waals surface area contributed by atoms with E-state index in [1.807, 2.05) is 30.3 Å². The summed E-state index contributed by atoms with van der Waals surface area (Å²) in [5.74, 6) is -0.423. The first-order valence-corrected chi connectivity index (χ1v) is 7.92. The second-order valence-corrected chi connectivity index (χ2v) is 5.41. The third kappa shape index (κ3) is 4.67. The molecule has 5 nitrogen and oxygen atoms in total. The van der Waals surface area contributed by atoms with Crippen LogP contribution in [0.1, 0.15) is 26.3 Å². The number of carbonyl (C=O) groups is 2. The fourth-order valence-corrected chi connectivity index (χ4v) is 2.46. The van der Waals surface area contributed by atoms with Crippen molar-refractivity contribution in [3.8, 4) is 0 Å². The summed E-state index contributed by atoms with van der Waals surface area (Å²) in [5, 5.41) is 11.8. The highest BCUT2D eigenvalue weighted by molar-refractivity contribution is 5.99. The number of benzene rings is 2. The molecular weight excluding hydrogens is 304 g/mol. The van der Waals surface area contributed by atoms with Crippen molar-refractivity contribution in [2.24, 2.45) is 0 Å². The molecule has 0 saturated carbocycles. The summed E-state index contributed by atoms with van der Waals surface area (Å²) in [7, 11) is 1.55. The van der Waals surface area contributed by atoms with E-state index in [1.54, 1.807) is 36.2 Å². The fraction of sp³-hybridized carbons (Fsp3) is 0.263. The number of nitrogens with one attached hydrogen (secondary N) is 1. The average molecular weight is 326 g/mol. The Balaban J connectivity index is 2.12. The van der Waals surface area contributed by atoms with Gasteiger partial charge in [0.2, 0.25) is 0 Å². The van der Waals surface area contributed by atoms with Gasteiger partial charge in [0.15, 0.2) is 0 Å². The maximum atomic E-state index is 12.7. The summed E-state index contributed by atoms with van der Waals surface area (Å²) in [6.07, 6.45) is 0.710. The Kier molecular flexibility index (Phi) is 6.51. The van der Waals surface area contributed by atoms with Gasteiger partial charge in [0.05, 0.1) is 6.61 Å². The van der Waals surface area contributed by atoms with Crippen molar-refractivity contribution >= 4 is 11.8 Å². The Morgan fingerprint density at radius 1 is 1.00 bits per heavy atom. The molecule has 2 N–H and O–H groups in total. The predicted octanol–water partition coefficient (Wildman–Crippen LogP) is 1.72. The molecule has 0 fully saturated rings. The van der Waals surface area contributed by atoms with Crippen LogP contribution in [0.3, 0.4) is 0 Å². The molecule has 2 amide bonds. The highest BCUT2D eigenvalue weighted by Crippen LogP contribution is 2.10. The molecule has 0 spiro atoms. The van der Waals surface area contributed by atoms with Gasteiger partial charge in [-0.05, 0) is 30.2 Å². The highest BCUT2D eigenvalue weighted by Gasteiger charge is 2.16. The van der Waals surface area contributed by atoms with Crippen molar-refractivity contribution < 1.29 is 14.7 Å². The standard InChI is InChI=1S/C19H22N2O3/c1-20-18(23)16-8-5-9-17(14-16)19(24)21(12-13-22)11-10-15-6-3-2-4-7-15/h2-9,14,22H,10-13H2,1H3,(H,20,23). The fourth-order valence-electron chi connectivity index (χ4n) is 2.46. The maximum Gasteiger partial charge on any atom is 0.253 e. The van der Waals surface area contributed by atoms with Crippen molar-refractivity contribution in [2.45, 2.75) is 6.42 Å². The van der Waals surface area contributed by atoms with Crippen LogP contribution in [-0.2, 0) is 6.42 Å². The lowest BCUT2D eigenvalue weighted by Crippen LogP contribution is -2.35. The lowest BCUT2D eigenvalue weighted by molar-refractivity contribution is 0.0724. The molecule has 2 aromatic rings. The first-order chi connectivity index (χ1) is 11.7. The number of rotatable bonds is 7. The molecule has 0 bridgehead atoms. The maximum absolute atomic E-state index is 12.7. The molecular formula is C19H22N2O3.